The van der Waals surface area contributed by atoms with Crippen LogP contribution < -0.4 is 37.7 Å². The van der Waals surface area contributed by atoms with Gasteiger partial charge in [0.1, 0.15) is 0 Å². The number of allylic oxidation sites excluding steroid dienone is 4. The molecule has 0 aromatic heterocycles. The van der Waals surface area contributed by atoms with Gasteiger partial charge in [0.15, 0.2) is 0 Å². The Labute approximate surface area is 114 Å². The van der Waals surface area contributed by atoms with Crippen molar-refractivity contribution in [1.82, 2.24) is 0 Å². The minimum atomic E-state index is 0. The number of rotatable bonds is 5. The Kier molecular flexibility index (Phi) is 19.7. The third-order valence-corrected chi connectivity index (χ3v) is 1.85. The Morgan fingerprint density at radius 2 is 1.00 bits per heavy atom. The minimum absolute atomic E-state index is 0. The summed E-state index contributed by atoms with van der Waals surface area (Å²) >= 11 is 0. The molecule has 0 radical (unpaired) electrons. The summed E-state index contributed by atoms with van der Waals surface area (Å²) in [5, 5.41) is 0. The molecule has 0 saturated carbocycles. The van der Waals surface area contributed by atoms with Crippen LogP contribution in [0.5, 0.6) is 0 Å². The summed E-state index contributed by atoms with van der Waals surface area (Å²) in [5.41, 5.74) is 2.73. The molecule has 0 N–H and O–H groups in total. The van der Waals surface area contributed by atoms with Crippen LogP contribution in [0, 0.1) is 12.2 Å². The van der Waals surface area contributed by atoms with Crippen LogP contribution in [0.15, 0.2) is 11.1 Å². The van der Waals surface area contributed by atoms with Gasteiger partial charge in [0.2, 0.25) is 0 Å². The molecule has 0 spiro atoms. The van der Waals surface area contributed by atoms with Gasteiger partial charge in [0, 0.05) is 0 Å². The molecule has 0 heterocycles. The van der Waals surface area contributed by atoms with Crippen molar-refractivity contribution in [3.8, 4) is 0 Å². The third-order valence-electron chi connectivity index (χ3n) is 1.85. The summed E-state index contributed by atoms with van der Waals surface area (Å²) in [4.78, 5) is 0. The summed E-state index contributed by atoms with van der Waals surface area (Å²) in [6, 6.07) is 0. The maximum atomic E-state index is 3.39. The van der Waals surface area contributed by atoms with Gasteiger partial charge >= 0.3 is 37.7 Å². The second-order valence-corrected chi connectivity index (χ2v) is 2.72. The molecule has 0 saturated heterocycles. The van der Waals surface area contributed by atoms with E-state index in [-0.39, 0.29) is 37.7 Å². The van der Waals surface area contributed by atoms with Gasteiger partial charge < -0.3 is 23.3 Å². The van der Waals surface area contributed by atoms with Crippen LogP contribution in [0.4, 0.5) is 0 Å². The fourth-order valence-corrected chi connectivity index (χ4v) is 1.32. The number of hydrogen-bond acceptors (Lipinski definition) is 0. The zero-order chi connectivity index (χ0) is 9.40. The Balaban J connectivity index is -0.000000605. The fraction of sp³-hybridized carbons (Fsp3) is 0.667. The first-order chi connectivity index (χ1) is 5.79. The zero-order valence-corrected chi connectivity index (χ0v) is 10.8. The van der Waals surface area contributed by atoms with Crippen LogP contribution in [0.1, 0.15) is 53.4 Å². The summed E-state index contributed by atoms with van der Waals surface area (Å²) in [6.07, 6.45) is 11.0. The first-order valence-corrected chi connectivity index (χ1v) is 4.99. The van der Waals surface area contributed by atoms with Crippen LogP contribution in [-0.4, -0.2) is 0 Å². The van der Waals surface area contributed by atoms with Crippen molar-refractivity contribution in [1.29, 1.82) is 0 Å². The molecule has 0 bridgehead atoms. The second kappa shape index (κ2) is 13.7. The molecule has 0 unspecified atom stereocenters. The molecule has 0 aromatic carbocycles. The summed E-state index contributed by atoms with van der Waals surface area (Å²) in [6.45, 7) is 8.64. The topological polar surface area (TPSA) is 0 Å². The largest absolute Gasteiger partial charge is 1.00 e. The minimum Gasteiger partial charge on any atom is -0.373 e. The van der Waals surface area contributed by atoms with Crippen LogP contribution in [0.25, 0.3) is 0 Å². The predicted molar refractivity (Wildman–Crippen MR) is 54.7 cm³/mol. The molecule has 70 valence electrons. The monoisotopic (exact) mass is 178 g/mol. The molecule has 2 heteroatoms. The van der Waals surface area contributed by atoms with E-state index in [1.807, 2.05) is 0 Å². The quantitative estimate of drug-likeness (QED) is 0.262. The van der Waals surface area contributed by atoms with Crippen molar-refractivity contribution in [2.45, 2.75) is 53.4 Å². The van der Waals surface area contributed by atoms with Crippen molar-refractivity contribution in [2.24, 2.45) is 0 Å². The Morgan fingerprint density at radius 1 is 0.714 bits per heavy atom. The molecule has 0 amide bonds. The van der Waals surface area contributed by atoms with Gasteiger partial charge in [-0.1, -0.05) is 27.7 Å². The van der Waals surface area contributed by atoms with Gasteiger partial charge in [-0.25, -0.2) is 0 Å². The molecule has 0 fully saturated rings. The fourth-order valence-electron chi connectivity index (χ4n) is 1.32. The zero-order valence-electron chi connectivity index (χ0n) is 10.8. The van der Waals surface area contributed by atoms with E-state index in [9.17, 15) is 0 Å². The molecule has 0 atom stereocenters. The van der Waals surface area contributed by atoms with Gasteiger partial charge in [0.05, 0.1) is 0 Å². The molecule has 0 aliphatic carbocycles. The first-order valence-electron chi connectivity index (χ1n) is 4.99. The molecule has 0 aliphatic heterocycles. The predicted octanol–water partition coefficient (Wildman–Crippen LogP) is -1.91. The second-order valence-electron chi connectivity index (χ2n) is 2.72. The smallest absolute Gasteiger partial charge is 0.373 e. The Bertz CT molecular complexity index is 149. The molecular formula is C12H20Li2. The van der Waals surface area contributed by atoms with Gasteiger partial charge in [-0.15, -0.1) is 25.7 Å². The standard InChI is InChI=1S/C12H20.2Li/c1-5-9-11(7-3)12(8-4)10-6-2;;/h5-8H2,1-4H3;;/q-2;2*+1. The van der Waals surface area contributed by atoms with E-state index in [1.54, 1.807) is 0 Å². The van der Waals surface area contributed by atoms with Gasteiger partial charge in [-0.3, -0.25) is 0 Å². The van der Waals surface area contributed by atoms with Gasteiger partial charge in [-0.2, -0.15) is 0 Å². The first kappa shape index (κ1) is 20.1. The molecule has 0 nitrogen and oxygen atoms in total. The average molecular weight is 178 g/mol. The summed E-state index contributed by atoms with van der Waals surface area (Å²) < 4.78 is 0. The van der Waals surface area contributed by atoms with Crippen molar-refractivity contribution in [3.63, 3.8) is 0 Å². The van der Waals surface area contributed by atoms with E-state index in [2.05, 4.69) is 39.8 Å². The van der Waals surface area contributed by atoms with E-state index >= 15 is 0 Å². The van der Waals surface area contributed by atoms with Crippen LogP contribution >= 0.6 is 0 Å². The summed E-state index contributed by atoms with van der Waals surface area (Å²) in [5.74, 6) is 0. The van der Waals surface area contributed by atoms with Crippen molar-refractivity contribution < 1.29 is 37.7 Å². The van der Waals surface area contributed by atoms with Gasteiger partial charge in [0.25, 0.3) is 0 Å². The maximum Gasteiger partial charge on any atom is 1.00 e. The van der Waals surface area contributed by atoms with E-state index in [0.717, 1.165) is 25.7 Å². The van der Waals surface area contributed by atoms with Crippen LogP contribution in [0.3, 0.4) is 0 Å². The van der Waals surface area contributed by atoms with Gasteiger partial charge in [-0.05, 0) is 0 Å². The van der Waals surface area contributed by atoms with Crippen LogP contribution in [0.2, 0.25) is 0 Å². The van der Waals surface area contributed by atoms with Crippen molar-refractivity contribution in [2.75, 3.05) is 0 Å². The van der Waals surface area contributed by atoms with Crippen molar-refractivity contribution >= 4 is 0 Å². The Morgan fingerprint density at radius 3 is 1.14 bits per heavy atom. The van der Waals surface area contributed by atoms with E-state index in [4.69, 9.17) is 0 Å². The van der Waals surface area contributed by atoms with Crippen LogP contribution in [-0.2, 0) is 0 Å². The molecule has 0 rings (SSSR count). The molecule has 0 aliphatic rings. The van der Waals surface area contributed by atoms with E-state index < -0.39 is 0 Å². The van der Waals surface area contributed by atoms with E-state index in [1.165, 1.54) is 11.1 Å². The maximum absolute atomic E-state index is 3.39. The molecular weight excluding hydrogens is 158 g/mol. The Hall–Kier alpha value is 0.675. The number of hydrogen-bond donors (Lipinski definition) is 0. The third kappa shape index (κ3) is 8.02. The van der Waals surface area contributed by atoms with Crippen molar-refractivity contribution in [3.05, 3.63) is 23.3 Å². The summed E-state index contributed by atoms with van der Waals surface area (Å²) in [7, 11) is 0. The average Bonchev–Trinajstić information content (AvgIpc) is 2.11. The van der Waals surface area contributed by atoms with E-state index in [0.29, 0.717) is 0 Å². The SMILES string of the molecule is CC[C-]=C(CC)C(=[C-]CC)CC.[Li+].[Li+]. The molecule has 14 heavy (non-hydrogen) atoms. The normalized spacial score (nSPS) is 11.7. The molecule has 0 aromatic rings.